The van der Waals surface area contributed by atoms with E-state index in [2.05, 4.69) is 4.99 Å². The van der Waals surface area contributed by atoms with Crippen molar-refractivity contribution in [2.24, 2.45) is 4.99 Å². The number of ether oxygens (including phenoxy) is 1. The number of aliphatic imine (C=N–C) groups is 1. The van der Waals surface area contributed by atoms with Crippen LogP contribution < -0.4 is 0 Å². The van der Waals surface area contributed by atoms with Gasteiger partial charge in [-0.05, 0) is 25.5 Å². The molecule has 0 saturated carbocycles. The van der Waals surface area contributed by atoms with Crippen molar-refractivity contribution in [3.05, 3.63) is 29.3 Å². The number of phenols is 1. The molecular formula is C13H17NO3. The van der Waals surface area contributed by atoms with E-state index in [9.17, 15) is 10.2 Å². The third kappa shape index (κ3) is 2.26. The second kappa shape index (κ2) is 4.75. The number of hydrogen-bond donors (Lipinski definition) is 2. The molecule has 17 heavy (non-hydrogen) atoms. The van der Waals surface area contributed by atoms with Crippen LogP contribution in [-0.2, 0) is 4.74 Å². The minimum atomic E-state index is -0.467. The lowest BCUT2D eigenvalue weighted by atomic mass is 10.1. The van der Waals surface area contributed by atoms with E-state index in [4.69, 9.17) is 4.74 Å². The molecule has 1 aromatic carbocycles. The highest BCUT2D eigenvalue weighted by Gasteiger charge is 2.26. The topological polar surface area (TPSA) is 62.0 Å². The molecule has 1 heterocycles. The van der Waals surface area contributed by atoms with Gasteiger partial charge in [-0.3, -0.25) is 0 Å². The van der Waals surface area contributed by atoms with Gasteiger partial charge in [0.1, 0.15) is 18.4 Å². The van der Waals surface area contributed by atoms with Crippen molar-refractivity contribution in [3.63, 3.8) is 0 Å². The quantitative estimate of drug-likeness (QED) is 0.836. The summed E-state index contributed by atoms with van der Waals surface area (Å²) >= 11 is 0. The molecule has 1 aliphatic heterocycles. The number of aliphatic hydroxyl groups is 1. The van der Waals surface area contributed by atoms with E-state index in [1.54, 1.807) is 12.1 Å². The minimum Gasteiger partial charge on any atom is -0.508 e. The molecule has 92 valence electrons. The Morgan fingerprint density at radius 2 is 2.29 bits per heavy atom. The van der Waals surface area contributed by atoms with Gasteiger partial charge in [0.2, 0.25) is 5.90 Å². The second-order valence-corrected chi connectivity index (χ2v) is 4.24. The van der Waals surface area contributed by atoms with E-state index >= 15 is 0 Å². The molecule has 1 aromatic rings. The van der Waals surface area contributed by atoms with Crippen molar-refractivity contribution < 1.29 is 14.9 Å². The van der Waals surface area contributed by atoms with Crippen molar-refractivity contribution in [2.45, 2.75) is 32.4 Å². The Morgan fingerprint density at radius 1 is 1.53 bits per heavy atom. The monoisotopic (exact) mass is 235 g/mol. The van der Waals surface area contributed by atoms with Gasteiger partial charge in [0.25, 0.3) is 0 Å². The zero-order chi connectivity index (χ0) is 12.4. The molecule has 0 spiro atoms. The minimum absolute atomic E-state index is 0.197. The lowest BCUT2D eigenvalue weighted by Gasteiger charge is -2.10. The van der Waals surface area contributed by atoms with Crippen LogP contribution in [0.2, 0.25) is 0 Å². The van der Waals surface area contributed by atoms with Crippen LogP contribution in [0.3, 0.4) is 0 Å². The summed E-state index contributed by atoms with van der Waals surface area (Å²) in [6.07, 6.45) is 0.189. The van der Waals surface area contributed by atoms with Crippen LogP contribution in [0.4, 0.5) is 0 Å². The van der Waals surface area contributed by atoms with Crippen LogP contribution in [-0.4, -0.2) is 34.9 Å². The number of aliphatic hydroxyl groups excluding tert-OH is 1. The summed E-state index contributed by atoms with van der Waals surface area (Å²) in [4.78, 5) is 4.36. The van der Waals surface area contributed by atoms with Gasteiger partial charge < -0.3 is 14.9 Å². The van der Waals surface area contributed by atoms with E-state index in [1.165, 1.54) is 0 Å². The molecule has 2 rings (SSSR count). The Morgan fingerprint density at radius 3 is 3.00 bits per heavy atom. The molecule has 1 unspecified atom stereocenters. The maximum absolute atomic E-state index is 9.71. The normalized spacial score (nSPS) is 20.9. The molecule has 4 nitrogen and oxygen atoms in total. The van der Waals surface area contributed by atoms with Gasteiger partial charge in [0, 0.05) is 11.1 Å². The van der Waals surface area contributed by atoms with Crippen molar-refractivity contribution in [3.8, 4) is 5.75 Å². The molecule has 0 aliphatic carbocycles. The van der Waals surface area contributed by atoms with E-state index < -0.39 is 6.10 Å². The van der Waals surface area contributed by atoms with Gasteiger partial charge in [0.05, 0.1) is 6.10 Å². The van der Waals surface area contributed by atoms with Crippen LogP contribution in [0.15, 0.2) is 23.2 Å². The number of benzene rings is 1. The predicted molar refractivity (Wildman–Crippen MR) is 65.4 cm³/mol. The molecule has 2 N–H and O–H groups in total. The number of hydrogen-bond acceptors (Lipinski definition) is 4. The van der Waals surface area contributed by atoms with Gasteiger partial charge in [-0.1, -0.05) is 13.0 Å². The molecule has 0 aromatic heterocycles. The zero-order valence-electron chi connectivity index (χ0n) is 10.1. The number of nitrogens with zero attached hydrogens (tertiary/aromatic N) is 1. The maximum atomic E-state index is 9.71. The summed E-state index contributed by atoms with van der Waals surface area (Å²) in [5.41, 5.74) is 1.54. The smallest absolute Gasteiger partial charge is 0.217 e. The van der Waals surface area contributed by atoms with Crippen molar-refractivity contribution in [1.29, 1.82) is 0 Å². The molecule has 0 radical (unpaired) electrons. The van der Waals surface area contributed by atoms with Gasteiger partial charge in [-0.15, -0.1) is 0 Å². The number of rotatable bonds is 3. The first-order valence-corrected chi connectivity index (χ1v) is 5.81. The average molecular weight is 235 g/mol. The molecule has 2 atom stereocenters. The van der Waals surface area contributed by atoms with Crippen molar-refractivity contribution >= 4 is 5.90 Å². The first kappa shape index (κ1) is 11.9. The van der Waals surface area contributed by atoms with Crippen molar-refractivity contribution in [1.82, 2.24) is 0 Å². The zero-order valence-corrected chi connectivity index (χ0v) is 10.1. The van der Waals surface area contributed by atoms with Crippen LogP contribution in [0.25, 0.3) is 0 Å². The summed E-state index contributed by atoms with van der Waals surface area (Å²) < 4.78 is 5.49. The van der Waals surface area contributed by atoms with Gasteiger partial charge in [-0.2, -0.15) is 0 Å². The predicted octanol–water partition coefficient (Wildman–Crippen LogP) is 1.62. The Labute approximate surface area is 101 Å². The average Bonchev–Trinajstić information content (AvgIpc) is 2.81. The third-order valence-corrected chi connectivity index (χ3v) is 3.07. The van der Waals surface area contributed by atoms with E-state index in [0.29, 0.717) is 18.9 Å². The lowest BCUT2D eigenvalue weighted by molar-refractivity contribution is 0.125. The molecule has 0 bridgehead atoms. The summed E-state index contributed by atoms with van der Waals surface area (Å²) in [7, 11) is 0. The molecular weight excluding hydrogens is 218 g/mol. The summed E-state index contributed by atoms with van der Waals surface area (Å²) in [6, 6.07) is 5.05. The van der Waals surface area contributed by atoms with Crippen LogP contribution >= 0.6 is 0 Å². The summed E-state index contributed by atoms with van der Waals surface area (Å²) in [5, 5.41) is 19.3. The SMILES string of the molecule is CC[C@@H](O)C1COC(c2cccc(O)c2C)=N1. The Balaban J connectivity index is 2.27. The highest BCUT2D eigenvalue weighted by molar-refractivity contribution is 5.97. The molecule has 0 fully saturated rings. The largest absolute Gasteiger partial charge is 0.508 e. The number of phenolic OH excluding ortho intramolecular Hbond substituents is 1. The van der Waals surface area contributed by atoms with Crippen LogP contribution in [0.5, 0.6) is 5.75 Å². The molecule has 0 saturated heterocycles. The lowest BCUT2D eigenvalue weighted by Crippen LogP contribution is -2.24. The fourth-order valence-electron chi connectivity index (χ4n) is 1.86. The second-order valence-electron chi connectivity index (χ2n) is 4.24. The third-order valence-electron chi connectivity index (χ3n) is 3.07. The standard InChI is InChI=1S/C13H17NO3/c1-3-11(15)10-7-17-13(14-10)9-5-4-6-12(16)8(9)2/h4-6,10-11,15-16H,3,7H2,1-2H3/t10?,11-/m1/s1. The Hall–Kier alpha value is -1.55. The fourth-order valence-corrected chi connectivity index (χ4v) is 1.86. The summed E-state index contributed by atoms with van der Waals surface area (Å²) in [6.45, 7) is 4.14. The van der Waals surface area contributed by atoms with Crippen LogP contribution in [0, 0.1) is 6.92 Å². The van der Waals surface area contributed by atoms with E-state index in [1.807, 2.05) is 19.9 Å². The molecule has 1 aliphatic rings. The van der Waals surface area contributed by atoms with Gasteiger partial charge in [-0.25, -0.2) is 4.99 Å². The van der Waals surface area contributed by atoms with Gasteiger partial charge in [0.15, 0.2) is 0 Å². The first-order chi connectivity index (χ1) is 8.13. The van der Waals surface area contributed by atoms with E-state index in [-0.39, 0.29) is 11.8 Å². The Bertz CT molecular complexity index is 442. The van der Waals surface area contributed by atoms with Crippen molar-refractivity contribution in [2.75, 3.05) is 6.61 Å². The molecule has 4 heteroatoms. The highest BCUT2D eigenvalue weighted by Crippen LogP contribution is 2.23. The van der Waals surface area contributed by atoms with E-state index in [0.717, 1.165) is 11.1 Å². The first-order valence-electron chi connectivity index (χ1n) is 5.81. The number of aromatic hydroxyl groups is 1. The Kier molecular flexibility index (Phi) is 3.33. The summed E-state index contributed by atoms with van der Waals surface area (Å²) in [5.74, 6) is 0.740. The molecule has 0 amide bonds. The van der Waals surface area contributed by atoms with Gasteiger partial charge >= 0.3 is 0 Å². The van der Waals surface area contributed by atoms with Crippen LogP contribution in [0.1, 0.15) is 24.5 Å². The maximum Gasteiger partial charge on any atom is 0.217 e. The fraction of sp³-hybridized carbons (Fsp3) is 0.462. The highest BCUT2D eigenvalue weighted by atomic mass is 16.5.